The number of anilines is 1. The predicted octanol–water partition coefficient (Wildman–Crippen LogP) is 0.729. The van der Waals surface area contributed by atoms with Crippen molar-refractivity contribution in [1.82, 2.24) is 14.8 Å². The molecule has 0 bridgehead atoms. The van der Waals surface area contributed by atoms with E-state index in [0.29, 0.717) is 57.8 Å². The average Bonchev–Trinajstić information content (AvgIpc) is 3.16. The monoisotopic (exact) mass is 374 g/mol. The van der Waals surface area contributed by atoms with Crippen LogP contribution in [0.5, 0.6) is 0 Å². The molecule has 3 aliphatic heterocycles. The second kappa shape index (κ2) is 7.44. The van der Waals surface area contributed by atoms with E-state index in [1.807, 2.05) is 15.9 Å². The molecule has 0 aromatic carbocycles. The first-order valence-electron chi connectivity index (χ1n) is 9.60. The highest BCUT2D eigenvalue weighted by atomic mass is 16.7. The van der Waals surface area contributed by atoms with E-state index in [1.165, 1.54) is 0 Å². The van der Waals surface area contributed by atoms with Crippen LogP contribution in [-0.4, -0.2) is 84.9 Å². The molecule has 0 saturated carbocycles. The van der Waals surface area contributed by atoms with Gasteiger partial charge < -0.3 is 24.2 Å². The van der Waals surface area contributed by atoms with E-state index in [-0.39, 0.29) is 11.8 Å². The van der Waals surface area contributed by atoms with Gasteiger partial charge in [-0.2, -0.15) is 0 Å². The number of hydrogen-bond acceptors (Lipinski definition) is 6. The minimum atomic E-state index is -0.476. The summed E-state index contributed by atoms with van der Waals surface area (Å²) in [6.07, 6.45) is 3.11. The van der Waals surface area contributed by atoms with Crippen molar-refractivity contribution in [3.8, 4) is 0 Å². The molecule has 3 fully saturated rings. The highest BCUT2D eigenvalue weighted by Gasteiger charge is 2.40. The molecule has 1 aromatic heterocycles. The molecular weight excluding hydrogens is 348 g/mol. The third-order valence-electron chi connectivity index (χ3n) is 5.67. The van der Waals surface area contributed by atoms with Crippen molar-refractivity contribution in [3.05, 3.63) is 23.9 Å². The van der Waals surface area contributed by atoms with Gasteiger partial charge in [0.25, 0.3) is 5.91 Å². The Kier molecular flexibility index (Phi) is 5.01. The van der Waals surface area contributed by atoms with E-state index < -0.39 is 5.79 Å². The number of piperidine rings is 1. The lowest BCUT2D eigenvalue weighted by Gasteiger charge is -2.37. The van der Waals surface area contributed by atoms with Gasteiger partial charge in [0, 0.05) is 70.8 Å². The quantitative estimate of drug-likeness (QED) is 0.760. The van der Waals surface area contributed by atoms with Crippen LogP contribution < -0.4 is 4.90 Å². The fraction of sp³-hybridized carbons (Fsp3) is 0.632. The van der Waals surface area contributed by atoms with Gasteiger partial charge in [0.05, 0.1) is 13.2 Å². The molecule has 1 spiro atoms. The van der Waals surface area contributed by atoms with E-state index in [1.54, 1.807) is 19.2 Å². The minimum Gasteiger partial charge on any atom is -0.353 e. The van der Waals surface area contributed by atoms with Crippen LogP contribution in [0.2, 0.25) is 0 Å². The molecule has 27 heavy (non-hydrogen) atoms. The molecule has 2 amide bonds. The van der Waals surface area contributed by atoms with E-state index in [2.05, 4.69) is 9.88 Å². The smallest absolute Gasteiger partial charge is 0.254 e. The topological polar surface area (TPSA) is 75.2 Å². The Morgan fingerprint density at radius 3 is 2.30 bits per heavy atom. The van der Waals surface area contributed by atoms with Crippen molar-refractivity contribution in [2.24, 2.45) is 0 Å². The number of pyridine rings is 1. The largest absolute Gasteiger partial charge is 0.353 e. The minimum absolute atomic E-state index is 0.0221. The van der Waals surface area contributed by atoms with Crippen molar-refractivity contribution in [2.75, 3.05) is 57.4 Å². The van der Waals surface area contributed by atoms with Gasteiger partial charge in [0.15, 0.2) is 5.79 Å². The van der Waals surface area contributed by atoms with Crippen LogP contribution in [0.25, 0.3) is 0 Å². The lowest BCUT2D eigenvalue weighted by molar-refractivity contribution is -0.181. The van der Waals surface area contributed by atoms with Gasteiger partial charge in [0.1, 0.15) is 5.82 Å². The van der Waals surface area contributed by atoms with Crippen LogP contribution >= 0.6 is 0 Å². The first-order valence-corrected chi connectivity index (χ1v) is 9.60. The Morgan fingerprint density at radius 1 is 1.00 bits per heavy atom. The highest BCUT2D eigenvalue weighted by molar-refractivity contribution is 5.95. The summed E-state index contributed by atoms with van der Waals surface area (Å²) in [5.41, 5.74) is 0.651. The van der Waals surface area contributed by atoms with Crippen LogP contribution in [0.4, 0.5) is 5.82 Å². The second-order valence-corrected chi connectivity index (χ2v) is 7.30. The Morgan fingerprint density at radius 2 is 1.67 bits per heavy atom. The molecule has 8 heteroatoms. The Bertz CT molecular complexity index is 701. The molecule has 4 rings (SSSR count). The summed E-state index contributed by atoms with van der Waals surface area (Å²) in [5.74, 6) is 0.440. The van der Waals surface area contributed by atoms with Crippen LogP contribution in [0.3, 0.4) is 0 Å². The van der Waals surface area contributed by atoms with Gasteiger partial charge >= 0.3 is 0 Å². The zero-order valence-electron chi connectivity index (χ0n) is 15.7. The van der Waals surface area contributed by atoms with Gasteiger partial charge in [-0.1, -0.05) is 0 Å². The third kappa shape index (κ3) is 3.77. The second-order valence-electron chi connectivity index (χ2n) is 7.30. The summed E-state index contributed by atoms with van der Waals surface area (Å²) in [6, 6.07) is 3.63. The number of nitrogens with zero attached hydrogens (tertiary/aromatic N) is 4. The van der Waals surface area contributed by atoms with Gasteiger partial charge in [-0.05, 0) is 12.1 Å². The van der Waals surface area contributed by atoms with Crippen molar-refractivity contribution < 1.29 is 19.1 Å². The van der Waals surface area contributed by atoms with Crippen LogP contribution in [-0.2, 0) is 14.3 Å². The predicted molar refractivity (Wildman–Crippen MR) is 98.5 cm³/mol. The van der Waals surface area contributed by atoms with E-state index in [9.17, 15) is 9.59 Å². The molecule has 0 unspecified atom stereocenters. The molecule has 0 N–H and O–H groups in total. The number of amides is 2. The molecular formula is C19H26N4O4. The maximum atomic E-state index is 12.9. The summed E-state index contributed by atoms with van der Waals surface area (Å²) >= 11 is 0. The lowest BCUT2D eigenvalue weighted by atomic mass is 10.0. The van der Waals surface area contributed by atoms with E-state index >= 15 is 0 Å². The zero-order chi connectivity index (χ0) is 18.9. The number of hydrogen-bond donors (Lipinski definition) is 0. The van der Waals surface area contributed by atoms with Gasteiger partial charge in [-0.15, -0.1) is 0 Å². The maximum absolute atomic E-state index is 12.9. The van der Waals surface area contributed by atoms with Gasteiger partial charge in [-0.25, -0.2) is 4.98 Å². The summed E-state index contributed by atoms with van der Waals surface area (Å²) in [6.45, 7) is 6.96. The van der Waals surface area contributed by atoms with Crippen LogP contribution in [0, 0.1) is 0 Å². The molecule has 3 aliphatic rings. The van der Waals surface area contributed by atoms with E-state index in [4.69, 9.17) is 9.47 Å². The molecule has 0 aliphatic carbocycles. The van der Waals surface area contributed by atoms with Crippen molar-refractivity contribution in [1.29, 1.82) is 0 Å². The first-order chi connectivity index (χ1) is 13.1. The number of aromatic nitrogens is 1. The Labute approximate surface area is 159 Å². The van der Waals surface area contributed by atoms with Gasteiger partial charge in [0.2, 0.25) is 5.91 Å². The number of carbonyl (C=O) groups excluding carboxylic acids is 2. The zero-order valence-corrected chi connectivity index (χ0v) is 15.7. The summed E-state index contributed by atoms with van der Waals surface area (Å²) < 4.78 is 11.5. The first kappa shape index (κ1) is 18.2. The summed E-state index contributed by atoms with van der Waals surface area (Å²) in [5, 5.41) is 0. The average molecular weight is 374 g/mol. The van der Waals surface area contributed by atoms with Crippen LogP contribution in [0.15, 0.2) is 18.3 Å². The third-order valence-corrected chi connectivity index (χ3v) is 5.67. The summed E-state index contributed by atoms with van der Waals surface area (Å²) in [4.78, 5) is 34.7. The Balaban J connectivity index is 1.39. The van der Waals surface area contributed by atoms with Crippen molar-refractivity contribution in [3.63, 3.8) is 0 Å². The number of piperazine rings is 1. The fourth-order valence-electron chi connectivity index (χ4n) is 3.99. The number of likely N-dealkylation sites (tertiary alicyclic amines) is 1. The molecule has 4 heterocycles. The molecule has 8 nitrogen and oxygen atoms in total. The maximum Gasteiger partial charge on any atom is 0.254 e. The molecule has 0 atom stereocenters. The molecule has 1 aromatic rings. The van der Waals surface area contributed by atoms with Gasteiger partial charge in [-0.3, -0.25) is 9.59 Å². The molecule has 3 saturated heterocycles. The number of carbonyl (C=O) groups is 2. The standard InChI is InChI=1S/C19H26N4O4/c1-15(24)21-8-10-22(11-9-21)17-14-16(2-5-20-17)18(25)23-6-3-19(4-7-23)26-12-13-27-19/h2,5,14H,3-4,6-13H2,1H3. The van der Waals surface area contributed by atoms with Crippen LogP contribution in [0.1, 0.15) is 30.1 Å². The van der Waals surface area contributed by atoms with Crippen molar-refractivity contribution in [2.45, 2.75) is 25.6 Å². The molecule has 0 radical (unpaired) electrons. The van der Waals surface area contributed by atoms with Crippen molar-refractivity contribution >= 4 is 17.6 Å². The van der Waals surface area contributed by atoms with E-state index in [0.717, 1.165) is 18.9 Å². The Hall–Kier alpha value is -2.19. The lowest BCUT2D eigenvalue weighted by Crippen LogP contribution is -2.48. The highest BCUT2D eigenvalue weighted by Crippen LogP contribution is 2.31. The summed E-state index contributed by atoms with van der Waals surface area (Å²) in [7, 11) is 0. The fourth-order valence-corrected chi connectivity index (χ4v) is 3.99. The molecule has 146 valence electrons. The number of rotatable bonds is 2. The number of ether oxygens (including phenoxy) is 2. The SMILES string of the molecule is CC(=O)N1CCN(c2cc(C(=O)N3CCC4(CC3)OCCO4)ccn2)CC1. The normalized spacial score (nSPS) is 22.3.